The maximum atomic E-state index is 5.49. The quantitative estimate of drug-likeness (QED) is 0.608. The van der Waals surface area contributed by atoms with Crippen molar-refractivity contribution in [2.24, 2.45) is 17.8 Å². The molecule has 0 N–H and O–H groups in total. The summed E-state index contributed by atoms with van der Waals surface area (Å²) >= 11 is 0. The molecule has 2 fully saturated rings. The highest BCUT2D eigenvalue weighted by molar-refractivity contribution is 4.92. The number of hydrogen-bond acceptors (Lipinski definition) is 1. The summed E-state index contributed by atoms with van der Waals surface area (Å²) in [5, 5.41) is 0. The maximum Gasteiger partial charge on any atom is 0.0571 e. The van der Waals surface area contributed by atoms with Crippen LogP contribution in [-0.2, 0) is 4.74 Å². The lowest BCUT2D eigenvalue weighted by atomic mass is 9.70. The van der Waals surface area contributed by atoms with Gasteiger partial charge in [0.2, 0.25) is 0 Å². The molecule has 0 aromatic heterocycles. The van der Waals surface area contributed by atoms with Gasteiger partial charge in [0, 0.05) is 7.11 Å². The van der Waals surface area contributed by atoms with Gasteiger partial charge < -0.3 is 4.74 Å². The summed E-state index contributed by atoms with van der Waals surface area (Å²) in [6.07, 6.45) is 19.3. The molecule has 0 aliphatic heterocycles. The Bertz CT molecular complexity index is 255. The summed E-state index contributed by atoms with van der Waals surface area (Å²) in [4.78, 5) is 0. The SMILES string of the molecule is CCC/C=C/[C@H]1CC[C@H]([C@H]2CC[C@H](OC)CC2)CC1. The van der Waals surface area contributed by atoms with Crippen molar-refractivity contribution in [1.82, 2.24) is 0 Å². The summed E-state index contributed by atoms with van der Waals surface area (Å²) in [5.74, 6) is 2.92. The van der Waals surface area contributed by atoms with Crippen LogP contribution in [0.25, 0.3) is 0 Å². The second-order valence-corrected chi connectivity index (χ2v) is 6.66. The molecule has 0 bridgehead atoms. The van der Waals surface area contributed by atoms with Gasteiger partial charge in [-0.2, -0.15) is 0 Å². The summed E-state index contributed by atoms with van der Waals surface area (Å²) in [5.41, 5.74) is 0. The van der Waals surface area contributed by atoms with Gasteiger partial charge in [-0.05, 0) is 75.5 Å². The minimum Gasteiger partial charge on any atom is -0.381 e. The largest absolute Gasteiger partial charge is 0.381 e. The lowest BCUT2D eigenvalue weighted by molar-refractivity contribution is 0.0405. The van der Waals surface area contributed by atoms with Crippen molar-refractivity contribution in [2.45, 2.75) is 77.2 Å². The topological polar surface area (TPSA) is 9.23 Å². The van der Waals surface area contributed by atoms with E-state index in [1.165, 1.54) is 64.2 Å². The summed E-state index contributed by atoms with van der Waals surface area (Å²) in [6, 6.07) is 0. The number of hydrogen-bond donors (Lipinski definition) is 0. The third kappa shape index (κ3) is 4.63. The molecule has 0 unspecified atom stereocenters. The molecule has 0 radical (unpaired) electrons. The van der Waals surface area contributed by atoms with Crippen molar-refractivity contribution in [3.63, 3.8) is 0 Å². The lowest BCUT2D eigenvalue weighted by Gasteiger charge is -2.37. The van der Waals surface area contributed by atoms with Crippen LogP contribution in [0.3, 0.4) is 0 Å². The van der Waals surface area contributed by atoms with Gasteiger partial charge in [0.25, 0.3) is 0 Å². The Hall–Kier alpha value is -0.300. The Labute approximate surface area is 119 Å². The van der Waals surface area contributed by atoms with Crippen LogP contribution >= 0.6 is 0 Å². The van der Waals surface area contributed by atoms with Crippen molar-refractivity contribution in [3.8, 4) is 0 Å². The minimum atomic E-state index is 0.560. The molecule has 2 aliphatic carbocycles. The van der Waals surface area contributed by atoms with Crippen molar-refractivity contribution in [2.75, 3.05) is 7.11 Å². The van der Waals surface area contributed by atoms with Crippen LogP contribution in [0.2, 0.25) is 0 Å². The van der Waals surface area contributed by atoms with E-state index in [1.807, 2.05) is 7.11 Å². The van der Waals surface area contributed by atoms with Crippen LogP contribution in [0.15, 0.2) is 12.2 Å². The first kappa shape index (κ1) is 15.1. The van der Waals surface area contributed by atoms with Crippen LogP contribution in [0.5, 0.6) is 0 Å². The van der Waals surface area contributed by atoms with Crippen LogP contribution in [0.4, 0.5) is 0 Å². The lowest BCUT2D eigenvalue weighted by Crippen LogP contribution is -2.27. The second kappa shape index (κ2) is 8.09. The molecule has 0 saturated heterocycles. The first-order chi connectivity index (χ1) is 9.33. The van der Waals surface area contributed by atoms with E-state index in [4.69, 9.17) is 4.74 Å². The van der Waals surface area contributed by atoms with Gasteiger partial charge in [0.1, 0.15) is 0 Å². The molecule has 0 spiro atoms. The average Bonchev–Trinajstić information content (AvgIpc) is 2.48. The van der Waals surface area contributed by atoms with Crippen LogP contribution in [-0.4, -0.2) is 13.2 Å². The van der Waals surface area contributed by atoms with E-state index in [-0.39, 0.29) is 0 Å². The smallest absolute Gasteiger partial charge is 0.0571 e. The molecule has 110 valence electrons. The van der Waals surface area contributed by atoms with Gasteiger partial charge in [-0.1, -0.05) is 25.5 Å². The van der Waals surface area contributed by atoms with E-state index in [0.29, 0.717) is 6.10 Å². The average molecular weight is 264 g/mol. The number of rotatable bonds is 5. The molecular weight excluding hydrogens is 232 g/mol. The van der Waals surface area contributed by atoms with Crippen LogP contribution in [0, 0.1) is 17.8 Å². The highest BCUT2D eigenvalue weighted by Crippen LogP contribution is 2.40. The summed E-state index contributed by atoms with van der Waals surface area (Å²) < 4.78 is 5.49. The van der Waals surface area contributed by atoms with E-state index >= 15 is 0 Å². The Morgan fingerprint density at radius 3 is 2.00 bits per heavy atom. The predicted molar refractivity (Wildman–Crippen MR) is 82.3 cm³/mol. The predicted octanol–water partition coefficient (Wildman–Crippen LogP) is 5.35. The molecule has 0 heterocycles. The summed E-state index contributed by atoms with van der Waals surface area (Å²) in [7, 11) is 1.87. The molecule has 19 heavy (non-hydrogen) atoms. The fourth-order valence-corrected chi connectivity index (χ4v) is 4.06. The van der Waals surface area contributed by atoms with Gasteiger partial charge in [-0.3, -0.25) is 0 Å². The first-order valence-electron chi connectivity index (χ1n) is 8.53. The molecule has 0 aromatic carbocycles. The first-order valence-corrected chi connectivity index (χ1v) is 8.53. The van der Waals surface area contributed by atoms with Gasteiger partial charge >= 0.3 is 0 Å². The number of allylic oxidation sites excluding steroid dienone is 2. The molecule has 2 saturated carbocycles. The normalized spacial score (nSPS) is 36.7. The molecule has 0 aromatic rings. The molecule has 1 nitrogen and oxygen atoms in total. The Kier molecular flexibility index (Phi) is 6.43. The van der Waals surface area contributed by atoms with Crippen molar-refractivity contribution >= 4 is 0 Å². The van der Waals surface area contributed by atoms with Crippen LogP contribution < -0.4 is 0 Å². The fourth-order valence-electron chi connectivity index (χ4n) is 4.06. The highest BCUT2D eigenvalue weighted by Gasteiger charge is 2.30. The van der Waals surface area contributed by atoms with E-state index < -0.39 is 0 Å². The third-order valence-corrected chi connectivity index (χ3v) is 5.40. The molecule has 2 aliphatic rings. The van der Waals surface area contributed by atoms with Crippen LogP contribution in [0.1, 0.15) is 71.1 Å². The zero-order valence-electron chi connectivity index (χ0n) is 12.9. The highest BCUT2D eigenvalue weighted by atomic mass is 16.5. The van der Waals surface area contributed by atoms with Gasteiger partial charge in [-0.15, -0.1) is 0 Å². The van der Waals surface area contributed by atoms with Crippen molar-refractivity contribution < 1.29 is 4.74 Å². The molecule has 0 atom stereocenters. The van der Waals surface area contributed by atoms with Crippen molar-refractivity contribution in [1.29, 1.82) is 0 Å². The molecule has 2 rings (SSSR count). The number of ether oxygens (including phenoxy) is 1. The van der Waals surface area contributed by atoms with Crippen molar-refractivity contribution in [3.05, 3.63) is 12.2 Å². The fraction of sp³-hybridized carbons (Fsp3) is 0.889. The number of unbranched alkanes of at least 4 members (excludes halogenated alkanes) is 1. The summed E-state index contributed by atoms with van der Waals surface area (Å²) in [6.45, 7) is 2.26. The minimum absolute atomic E-state index is 0.560. The van der Waals surface area contributed by atoms with E-state index in [0.717, 1.165) is 17.8 Å². The second-order valence-electron chi connectivity index (χ2n) is 6.66. The van der Waals surface area contributed by atoms with E-state index in [2.05, 4.69) is 19.1 Å². The van der Waals surface area contributed by atoms with Gasteiger partial charge in [-0.25, -0.2) is 0 Å². The number of methoxy groups -OCH3 is 1. The monoisotopic (exact) mass is 264 g/mol. The standard InChI is InChI=1S/C18H32O/c1-3-4-5-6-15-7-9-16(10-8-15)17-11-13-18(19-2)14-12-17/h5-6,15-18H,3-4,7-14H2,1-2H3/b6-5+/t15-,16-,17-,18-. The third-order valence-electron chi connectivity index (χ3n) is 5.40. The maximum absolute atomic E-state index is 5.49. The van der Waals surface area contributed by atoms with E-state index in [1.54, 1.807) is 0 Å². The zero-order chi connectivity index (χ0) is 13.5. The van der Waals surface area contributed by atoms with Gasteiger partial charge in [0.15, 0.2) is 0 Å². The molecule has 0 amide bonds. The molecular formula is C18H32O. The molecule has 1 heteroatoms. The van der Waals surface area contributed by atoms with E-state index in [9.17, 15) is 0 Å². The Morgan fingerprint density at radius 2 is 1.47 bits per heavy atom. The Balaban J connectivity index is 1.68. The van der Waals surface area contributed by atoms with Gasteiger partial charge in [0.05, 0.1) is 6.10 Å². The zero-order valence-corrected chi connectivity index (χ0v) is 12.9. The Morgan fingerprint density at radius 1 is 0.895 bits per heavy atom.